The third kappa shape index (κ3) is 65.9. The molecule has 27 nitrogen and oxygen atoms in total. The first-order valence-electron chi connectivity index (χ1n) is 33.4. The van der Waals surface area contributed by atoms with Crippen molar-refractivity contribution in [2.24, 2.45) is 10.2 Å². The summed E-state index contributed by atoms with van der Waals surface area (Å²) in [6, 6.07) is 15.9. The van der Waals surface area contributed by atoms with Crippen molar-refractivity contribution in [1.82, 2.24) is 0 Å². The van der Waals surface area contributed by atoms with Crippen molar-refractivity contribution in [3.8, 4) is 5.75 Å². The fourth-order valence-corrected chi connectivity index (χ4v) is 7.43. The number of azo groups is 1. The average molecular weight is 1340 g/mol. The molecular weight excluding hydrogens is 1220 g/mol. The van der Waals surface area contributed by atoms with Crippen LogP contribution >= 0.6 is 0 Å². The van der Waals surface area contributed by atoms with Gasteiger partial charge in [0, 0.05) is 0 Å². The van der Waals surface area contributed by atoms with Crippen LogP contribution in [0.2, 0.25) is 0 Å². The van der Waals surface area contributed by atoms with Gasteiger partial charge in [-0.05, 0) is 54.8 Å². The monoisotopic (exact) mass is 1340 g/mol. The van der Waals surface area contributed by atoms with Crippen molar-refractivity contribution in [2.45, 2.75) is 39.0 Å². The van der Waals surface area contributed by atoms with Gasteiger partial charge in [0.25, 0.3) is 0 Å². The number of aryl methyl sites for hydroxylation is 1. The Morgan fingerprint density at radius 2 is 0.419 bits per heavy atom. The molecule has 0 fully saturated rings. The van der Waals surface area contributed by atoms with E-state index in [-0.39, 0.29) is 6.61 Å². The van der Waals surface area contributed by atoms with Crippen LogP contribution in [0.1, 0.15) is 38.2 Å². The molecule has 27 heteroatoms. The Morgan fingerprint density at radius 1 is 0.226 bits per heavy atom. The molecule has 0 saturated carbocycles. The normalized spacial score (nSPS) is 11.8. The van der Waals surface area contributed by atoms with Gasteiger partial charge >= 0.3 is 0 Å². The summed E-state index contributed by atoms with van der Waals surface area (Å²) in [6.07, 6.45) is 6.17. The number of hydrogen-bond acceptors (Lipinski definition) is 27. The first-order valence-corrected chi connectivity index (χ1v) is 33.4. The van der Waals surface area contributed by atoms with Gasteiger partial charge in [0.15, 0.2) is 0 Å². The van der Waals surface area contributed by atoms with E-state index in [0.717, 1.165) is 23.5 Å². The minimum Gasteiger partial charge on any atom is -0.491 e. The van der Waals surface area contributed by atoms with E-state index in [0.29, 0.717) is 311 Å². The van der Waals surface area contributed by atoms with Gasteiger partial charge in [0.2, 0.25) is 0 Å². The van der Waals surface area contributed by atoms with E-state index >= 15 is 0 Å². The van der Waals surface area contributed by atoms with Crippen LogP contribution in [0.5, 0.6) is 5.75 Å². The second kappa shape index (κ2) is 74.7. The summed E-state index contributed by atoms with van der Waals surface area (Å²) < 4.78 is 132. The van der Waals surface area contributed by atoms with Crippen LogP contribution in [0.3, 0.4) is 0 Å². The van der Waals surface area contributed by atoms with Crippen LogP contribution in [-0.2, 0) is 115 Å². The summed E-state index contributed by atoms with van der Waals surface area (Å²) >= 11 is 0. The fraction of sp³-hybridized carbons (Fsp3) is 0.818. The molecule has 1 N–H and O–H groups in total. The summed E-state index contributed by atoms with van der Waals surface area (Å²) in [5.74, 6) is 0.753. The summed E-state index contributed by atoms with van der Waals surface area (Å²) in [5.41, 5.74) is 2.95. The fourth-order valence-electron chi connectivity index (χ4n) is 7.43. The van der Waals surface area contributed by atoms with E-state index in [2.05, 4.69) is 29.3 Å². The van der Waals surface area contributed by atoms with Crippen molar-refractivity contribution < 1.29 is 119 Å². The van der Waals surface area contributed by atoms with E-state index in [1.165, 1.54) is 31.2 Å². The summed E-state index contributed by atoms with van der Waals surface area (Å²) in [5, 5.41) is 17.3. The van der Waals surface area contributed by atoms with Gasteiger partial charge in [0.1, 0.15) is 12.4 Å². The van der Waals surface area contributed by atoms with Gasteiger partial charge in [-0.1, -0.05) is 38.3 Å². The smallest absolute Gasteiger partial charge is 0.119 e. The lowest BCUT2D eigenvalue weighted by atomic mass is 10.1. The Hall–Kier alpha value is -3.12. The van der Waals surface area contributed by atoms with Crippen LogP contribution < -0.4 is 4.74 Å². The Morgan fingerprint density at radius 3 is 0.624 bits per heavy atom. The summed E-state index contributed by atoms with van der Waals surface area (Å²) in [7, 11) is 0. The lowest BCUT2D eigenvalue weighted by molar-refractivity contribution is -0.0319. The molecule has 0 atom stereocenters. The number of ether oxygens (including phenoxy) is 24. The molecule has 0 saturated heterocycles. The number of unbranched alkanes of at least 4 members (excludes halogenated alkanes) is 3. The number of hydrogen-bond donors (Lipinski definition) is 1. The third-order valence-electron chi connectivity index (χ3n) is 12.3. The molecule has 2 aromatic carbocycles. The summed E-state index contributed by atoms with van der Waals surface area (Å²) in [4.78, 5) is 0. The van der Waals surface area contributed by atoms with E-state index in [1.807, 2.05) is 36.4 Å². The highest BCUT2D eigenvalue weighted by Crippen LogP contribution is 2.22. The Bertz CT molecular complexity index is 1770. The zero-order valence-corrected chi connectivity index (χ0v) is 56.2. The molecule has 0 heterocycles. The number of nitrogens with zero attached hydrogens (tertiary/aromatic N) is 2. The third-order valence-corrected chi connectivity index (χ3v) is 12.3. The maximum absolute atomic E-state index is 8.62. The molecule has 0 bridgehead atoms. The van der Waals surface area contributed by atoms with Gasteiger partial charge in [0.05, 0.1) is 322 Å². The maximum Gasteiger partial charge on any atom is 0.119 e. The number of rotatable bonds is 79. The van der Waals surface area contributed by atoms with E-state index in [1.54, 1.807) is 0 Å². The van der Waals surface area contributed by atoms with Gasteiger partial charge < -0.3 is 119 Å². The Labute approximate surface area is 554 Å². The second-order valence-corrected chi connectivity index (χ2v) is 19.8. The van der Waals surface area contributed by atoms with Crippen LogP contribution in [0.15, 0.2) is 58.8 Å². The molecule has 0 aliphatic heterocycles. The van der Waals surface area contributed by atoms with Crippen LogP contribution in [0, 0.1) is 0 Å². The zero-order chi connectivity index (χ0) is 65.8. The Balaban J connectivity index is 1.12. The van der Waals surface area contributed by atoms with Gasteiger partial charge in [-0.2, -0.15) is 10.2 Å². The van der Waals surface area contributed by atoms with Crippen molar-refractivity contribution in [3.05, 3.63) is 54.1 Å². The van der Waals surface area contributed by atoms with Gasteiger partial charge in [-0.15, -0.1) is 0 Å². The predicted molar refractivity (Wildman–Crippen MR) is 346 cm³/mol. The minimum atomic E-state index is 0.0172. The lowest BCUT2D eigenvalue weighted by Gasteiger charge is -2.09. The largest absolute Gasteiger partial charge is 0.491 e. The second-order valence-electron chi connectivity index (χ2n) is 19.8. The van der Waals surface area contributed by atoms with Crippen LogP contribution in [-0.4, -0.2) is 322 Å². The molecular formula is C66H118N2O25. The molecule has 0 aliphatic rings. The molecule has 0 amide bonds. The topological polar surface area (TPSA) is 266 Å². The highest BCUT2D eigenvalue weighted by Gasteiger charge is 2.03. The quantitative estimate of drug-likeness (QED) is 0.0590. The molecule has 0 aliphatic carbocycles. The average Bonchev–Trinajstić information content (AvgIpc) is 2.24. The predicted octanol–water partition coefficient (Wildman–Crippen LogP) is 5.98. The van der Waals surface area contributed by atoms with Crippen LogP contribution in [0.4, 0.5) is 11.4 Å². The molecule has 0 radical (unpaired) electrons. The van der Waals surface area contributed by atoms with Crippen molar-refractivity contribution >= 4 is 11.4 Å². The first-order chi connectivity index (χ1) is 46.3. The van der Waals surface area contributed by atoms with Crippen LogP contribution in [0.25, 0.3) is 0 Å². The minimum absolute atomic E-state index is 0.0172. The van der Waals surface area contributed by atoms with Crippen molar-refractivity contribution in [2.75, 3.05) is 317 Å². The SMILES string of the molecule is CCCCCCc1ccc(N=Nc2ccc(OCCOCCOCCOCCOCCOCCOCCOCCOCCOCCOCCOCCOCCOCCOCCOCCOCCOCCOCCOCCOCCOCCOCCOCCO)cc2)cc1. The highest BCUT2D eigenvalue weighted by atomic mass is 16.6. The number of benzene rings is 2. The molecule has 542 valence electrons. The molecule has 2 rings (SSSR count). The van der Waals surface area contributed by atoms with Crippen molar-refractivity contribution in [1.29, 1.82) is 0 Å². The highest BCUT2D eigenvalue weighted by molar-refractivity contribution is 5.43. The number of aliphatic hydroxyl groups excluding tert-OH is 1. The Kier molecular flexibility index (Phi) is 69.0. The zero-order valence-electron chi connectivity index (χ0n) is 56.2. The van der Waals surface area contributed by atoms with Gasteiger partial charge in [-0.3, -0.25) is 0 Å². The van der Waals surface area contributed by atoms with Crippen molar-refractivity contribution in [3.63, 3.8) is 0 Å². The lowest BCUT2D eigenvalue weighted by Crippen LogP contribution is -2.16. The van der Waals surface area contributed by atoms with E-state index in [4.69, 9.17) is 119 Å². The molecule has 0 spiro atoms. The standard InChI is InChI=1S/C66H118N2O25/c1-2-3-4-5-6-63-7-9-64(10-8-63)67-68-65-11-13-66(14-12-65)93-62-61-92-60-59-91-58-57-90-56-55-89-54-53-88-52-51-87-50-49-86-48-47-85-46-45-84-44-43-83-42-41-82-40-39-81-38-37-80-36-35-79-34-33-78-32-31-77-30-29-76-28-27-75-26-25-74-24-23-73-22-21-72-20-19-71-18-17-70-16-15-69/h7-14,69H,2-6,15-62H2,1H3. The molecule has 93 heavy (non-hydrogen) atoms. The molecule has 0 unspecified atom stereocenters. The van der Waals surface area contributed by atoms with E-state index in [9.17, 15) is 0 Å². The first kappa shape index (κ1) is 86.0. The molecule has 0 aromatic heterocycles. The molecule has 2 aromatic rings. The maximum atomic E-state index is 8.62. The van der Waals surface area contributed by atoms with Gasteiger partial charge in [-0.25, -0.2) is 0 Å². The number of aliphatic hydroxyl groups is 1. The summed E-state index contributed by atoms with van der Waals surface area (Å²) in [6.45, 7) is 24.8. The van der Waals surface area contributed by atoms with E-state index < -0.39 is 0 Å².